The summed E-state index contributed by atoms with van der Waals surface area (Å²) < 4.78 is 0. The van der Waals surface area contributed by atoms with Gasteiger partial charge in [-0.25, -0.2) is 5.01 Å². The fraction of sp³-hybridized carbons (Fsp3) is 1.00. The van der Waals surface area contributed by atoms with Crippen molar-refractivity contribution in [2.45, 2.75) is 6.92 Å². The van der Waals surface area contributed by atoms with Gasteiger partial charge in [-0.2, -0.15) is 0 Å². The van der Waals surface area contributed by atoms with Gasteiger partial charge in [-0.15, -0.1) is 5.17 Å². The van der Waals surface area contributed by atoms with Gasteiger partial charge >= 0.3 is 0 Å². The molecule has 0 amide bonds. The smallest absolute Gasteiger partial charge is 0.0372 e. The van der Waals surface area contributed by atoms with E-state index in [0.29, 0.717) is 6.54 Å². The first-order chi connectivity index (χ1) is 3.18. The van der Waals surface area contributed by atoms with Gasteiger partial charge < -0.3 is 0 Å². The molecule has 3 nitrogen and oxygen atoms in total. The van der Waals surface area contributed by atoms with Gasteiger partial charge in [0.2, 0.25) is 0 Å². The summed E-state index contributed by atoms with van der Waals surface area (Å²) in [5, 5.41) is 11.4. The molecule has 44 valence electrons. The van der Waals surface area contributed by atoms with Crippen molar-refractivity contribution in [2.24, 2.45) is 0 Å². The Morgan fingerprint density at radius 1 is 1.43 bits per heavy atom. The largest absolute Gasteiger partial charge is 0.299 e. The van der Waals surface area contributed by atoms with Gasteiger partial charge in [-0.05, 0) is 6.92 Å². The summed E-state index contributed by atoms with van der Waals surface area (Å²) in [6, 6.07) is 0. The second-order valence-corrected chi connectivity index (χ2v) is 1.54. The molecule has 0 aliphatic heterocycles. The molecule has 0 heterocycles. The highest BCUT2D eigenvalue weighted by Crippen LogP contribution is 1.79. The van der Waals surface area contributed by atoms with Gasteiger partial charge in [0.1, 0.15) is 0 Å². The maximum absolute atomic E-state index is 8.69. The SMILES string of the molecule is CCN(O)N(C)C. The van der Waals surface area contributed by atoms with E-state index in [0.717, 1.165) is 5.17 Å². The first-order valence-electron chi connectivity index (χ1n) is 2.32. The second kappa shape index (κ2) is 2.96. The summed E-state index contributed by atoms with van der Waals surface area (Å²) in [4.78, 5) is 0. The molecule has 0 fully saturated rings. The third-order valence-electron chi connectivity index (χ3n) is 0.745. The van der Waals surface area contributed by atoms with E-state index >= 15 is 0 Å². The van der Waals surface area contributed by atoms with Crippen LogP contribution < -0.4 is 0 Å². The van der Waals surface area contributed by atoms with Crippen molar-refractivity contribution in [1.29, 1.82) is 0 Å². The molecule has 0 saturated carbocycles. The highest BCUT2D eigenvalue weighted by Gasteiger charge is 1.94. The summed E-state index contributed by atoms with van der Waals surface area (Å²) in [6.45, 7) is 2.51. The molecular weight excluding hydrogens is 92.1 g/mol. The van der Waals surface area contributed by atoms with Crippen LogP contribution in [0.15, 0.2) is 0 Å². The number of nitrogens with zero attached hydrogens (tertiary/aromatic N) is 2. The number of hydrogen-bond acceptors (Lipinski definition) is 3. The van der Waals surface area contributed by atoms with Gasteiger partial charge in [0.05, 0.1) is 0 Å². The Kier molecular flexibility index (Phi) is 2.91. The molecule has 0 aliphatic carbocycles. The quantitative estimate of drug-likeness (QED) is 0.506. The van der Waals surface area contributed by atoms with Crippen LogP contribution in [0.2, 0.25) is 0 Å². The van der Waals surface area contributed by atoms with Crippen LogP contribution >= 0.6 is 0 Å². The highest BCUT2D eigenvalue weighted by molar-refractivity contribution is 4.23. The average molecular weight is 104 g/mol. The summed E-state index contributed by atoms with van der Waals surface area (Å²) in [7, 11) is 3.56. The van der Waals surface area contributed by atoms with Crippen LogP contribution in [0.3, 0.4) is 0 Å². The van der Waals surface area contributed by atoms with E-state index in [2.05, 4.69) is 0 Å². The standard InChI is InChI=1S/C4H12N2O/c1-4-6(7)5(2)3/h7H,4H2,1-3H3. The topological polar surface area (TPSA) is 26.7 Å². The lowest BCUT2D eigenvalue weighted by Gasteiger charge is -2.18. The molecule has 1 N–H and O–H groups in total. The lowest BCUT2D eigenvalue weighted by atomic mass is 10.8. The Labute approximate surface area is 44.1 Å². The fourth-order valence-electron chi connectivity index (χ4n) is 0.283. The van der Waals surface area contributed by atoms with E-state index in [-0.39, 0.29) is 0 Å². The number of hydroxylamine groups is 1. The zero-order valence-electron chi connectivity index (χ0n) is 5.05. The summed E-state index contributed by atoms with van der Waals surface area (Å²) in [5.74, 6) is 0. The van der Waals surface area contributed by atoms with Gasteiger partial charge in [-0.1, -0.05) is 0 Å². The third kappa shape index (κ3) is 2.56. The van der Waals surface area contributed by atoms with E-state index in [1.165, 1.54) is 0 Å². The average Bonchev–Trinajstić information content (AvgIpc) is 1.65. The van der Waals surface area contributed by atoms with Crippen LogP contribution in [-0.2, 0) is 0 Å². The van der Waals surface area contributed by atoms with E-state index in [9.17, 15) is 0 Å². The third-order valence-corrected chi connectivity index (χ3v) is 0.745. The van der Waals surface area contributed by atoms with E-state index in [1.54, 1.807) is 19.1 Å². The molecule has 0 saturated heterocycles. The summed E-state index contributed by atoms with van der Waals surface area (Å²) in [5.41, 5.74) is 0. The normalized spacial score (nSPS) is 11.1. The summed E-state index contributed by atoms with van der Waals surface area (Å²) >= 11 is 0. The second-order valence-electron chi connectivity index (χ2n) is 1.54. The van der Waals surface area contributed by atoms with Crippen molar-refractivity contribution in [3.8, 4) is 0 Å². The van der Waals surface area contributed by atoms with E-state index in [4.69, 9.17) is 5.21 Å². The van der Waals surface area contributed by atoms with Gasteiger partial charge in [-0.3, -0.25) is 5.21 Å². The van der Waals surface area contributed by atoms with Crippen molar-refractivity contribution in [2.75, 3.05) is 20.6 Å². The van der Waals surface area contributed by atoms with Crippen molar-refractivity contribution in [1.82, 2.24) is 10.2 Å². The van der Waals surface area contributed by atoms with Gasteiger partial charge in [0.25, 0.3) is 0 Å². The van der Waals surface area contributed by atoms with E-state index in [1.807, 2.05) is 6.92 Å². The number of rotatable bonds is 2. The Morgan fingerprint density at radius 2 is 1.86 bits per heavy atom. The molecule has 0 aromatic rings. The first kappa shape index (κ1) is 6.88. The van der Waals surface area contributed by atoms with E-state index < -0.39 is 0 Å². The first-order valence-corrected chi connectivity index (χ1v) is 2.32. The molecule has 0 radical (unpaired) electrons. The monoisotopic (exact) mass is 104 g/mol. The van der Waals surface area contributed by atoms with Crippen molar-refractivity contribution >= 4 is 0 Å². The Morgan fingerprint density at radius 3 is 1.86 bits per heavy atom. The Hall–Kier alpha value is -0.120. The molecule has 7 heavy (non-hydrogen) atoms. The zero-order chi connectivity index (χ0) is 5.86. The van der Waals surface area contributed by atoms with Crippen molar-refractivity contribution < 1.29 is 5.21 Å². The summed E-state index contributed by atoms with van der Waals surface area (Å²) in [6.07, 6.45) is 0. The maximum atomic E-state index is 8.69. The maximum Gasteiger partial charge on any atom is 0.0372 e. The minimum Gasteiger partial charge on any atom is -0.299 e. The highest BCUT2D eigenvalue weighted by atomic mass is 16.5. The van der Waals surface area contributed by atoms with Gasteiger partial charge in [0.15, 0.2) is 0 Å². The molecule has 3 heteroatoms. The molecule has 0 aromatic carbocycles. The predicted molar refractivity (Wildman–Crippen MR) is 27.9 cm³/mol. The minimum atomic E-state index is 0.632. The molecule has 0 aliphatic rings. The minimum absolute atomic E-state index is 0.632. The van der Waals surface area contributed by atoms with Crippen LogP contribution in [0.4, 0.5) is 0 Å². The van der Waals surface area contributed by atoms with Crippen molar-refractivity contribution in [3.63, 3.8) is 0 Å². The molecule has 0 rings (SSSR count). The van der Waals surface area contributed by atoms with Crippen LogP contribution in [0, 0.1) is 0 Å². The molecule has 0 spiro atoms. The molecule has 0 atom stereocenters. The predicted octanol–water partition coefficient (Wildman–Crippen LogP) is 0.174. The van der Waals surface area contributed by atoms with Crippen LogP contribution in [-0.4, -0.2) is 36.0 Å². The Bertz CT molecular complexity index is 47.0. The molecule has 0 bridgehead atoms. The van der Waals surface area contributed by atoms with Crippen LogP contribution in [0.5, 0.6) is 0 Å². The van der Waals surface area contributed by atoms with Crippen LogP contribution in [0.1, 0.15) is 6.92 Å². The molecule has 0 unspecified atom stereocenters. The molecule has 0 aromatic heterocycles. The van der Waals surface area contributed by atoms with Crippen LogP contribution in [0.25, 0.3) is 0 Å². The number of hydrogen-bond donors (Lipinski definition) is 1. The fourth-order valence-corrected chi connectivity index (χ4v) is 0.283. The van der Waals surface area contributed by atoms with Gasteiger partial charge in [0, 0.05) is 20.6 Å². The zero-order valence-corrected chi connectivity index (χ0v) is 5.05. The lowest BCUT2D eigenvalue weighted by Crippen LogP contribution is -2.33. The number of hydrazine groups is 1. The van der Waals surface area contributed by atoms with Crippen molar-refractivity contribution in [3.05, 3.63) is 0 Å². The Balaban J connectivity index is 3.14. The lowest BCUT2D eigenvalue weighted by molar-refractivity contribution is -0.221. The molecular formula is C4H12N2O.